The summed E-state index contributed by atoms with van der Waals surface area (Å²) in [6.45, 7) is 2.01. The van der Waals surface area contributed by atoms with Crippen molar-refractivity contribution in [1.29, 1.82) is 0 Å². The van der Waals surface area contributed by atoms with Crippen LogP contribution in [0.3, 0.4) is 0 Å². The molecule has 2 rings (SSSR count). The number of amides is 1. The molecule has 0 spiro atoms. The molecule has 1 aromatic carbocycles. The maximum Gasteiger partial charge on any atom is 0.353 e. The van der Waals surface area contributed by atoms with Gasteiger partial charge in [0.15, 0.2) is 17.4 Å². The molecule has 1 heterocycles. The fraction of sp³-hybridized carbons (Fsp3) is 0.278. The number of esters is 1. The normalized spacial score (nSPS) is 12.3. The van der Waals surface area contributed by atoms with Crippen LogP contribution in [-0.4, -0.2) is 24.3 Å². The van der Waals surface area contributed by atoms with Crippen molar-refractivity contribution in [3.8, 4) is 5.75 Å². The molecule has 0 saturated heterocycles. The number of nitrogens with zero attached hydrogens (tertiary/aromatic N) is 1. The third-order valence-electron chi connectivity index (χ3n) is 4.00. The van der Waals surface area contributed by atoms with Crippen LogP contribution < -0.4 is 32.9 Å². The van der Waals surface area contributed by atoms with Gasteiger partial charge in [-0.05, 0) is 36.2 Å². The fourth-order valence-electron chi connectivity index (χ4n) is 2.38. The second-order valence-electron chi connectivity index (χ2n) is 6.17. The average Bonchev–Trinajstić information content (AvgIpc) is 3.18. The van der Waals surface area contributed by atoms with Gasteiger partial charge >= 0.3 is 5.97 Å². The zero-order chi connectivity index (χ0) is 21.4. The summed E-state index contributed by atoms with van der Waals surface area (Å²) in [5, 5.41) is 6.03. The number of amidine groups is 1. The Balaban J connectivity index is 1.94. The number of halogens is 1. The Morgan fingerprint density at radius 1 is 1.31 bits per heavy atom. The lowest BCUT2D eigenvalue weighted by Crippen LogP contribution is -2.42. The Labute approximate surface area is 171 Å². The van der Waals surface area contributed by atoms with E-state index in [2.05, 4.69) is 15.8 Å². The lowest BCUT2D eigenvalue weighted by Gasteiger charge is -2.11. The number of benzene rings is 1. The van der Waals surface area contributed by atoms with E-state index in [1.54, 1.807) is 25.1 Å². The monoisotopic (exact) mass is 422 g/mol. The molecular formula is C18H23FN6O3S. The second kappa shape index (κ2) is 10.5. The van der Waals surface area contributed by atoms with Crippen LogP contribution in [0.5, 0.6) is 5.75 Å². The highest BCUT2D eigenvalue weighted by atomic mass is 32.1. The summed E-state index contributed by atoms with van der Waals surface area (Å²) in [5.41, 5.74) is 8.32. The van der Waals surface area contributed by atoms with Crippen molar-refractivity contribution >= 4 is 29.0 Å². The average molecular weight is 422 g/mol. The lowest BCUT2D eigenvalue weighted by molar-refractivity contribution is -0.124. The Kier molecular flexibility index (Phi) is 8.07. The van der Waals surface area contributed by atoms with Gasteiger partial charge in [-0.15, -0.1) is 11.3 Å². The third kappa shape index (κ3) is 6.24. The van der Waals surface area contributed by atoms with E-state index in [9.17, 15) is 14.0 Å². The minimum atomic E-state index is -0.671. The predicted octanol–water partition coefficient (Wildman–Crippen LogP) is 0.595. The molecule has 0 bridgehead atoms. The van der Waals surface area contributed by atoms with Crippen molar-refractivity contribution in [2.45, 2.75) is 19.9 Å². The molecule has 1 atom stereocenters. The summed E-state index contributed by atoms with van der Waals surface area (Å²) in [7, 11) is 0. The number of hydrogen-bond acceptors (Lipinski definition) is 8. The van der Waals surface area contributed by atoms with Crippen LogP contribution in [0, 0.1) is 11.7 Å². The zero-order valence-electron chi connectivity index (χ0n) is 15.8. The van der Waals surface area contributed by atoms with E-state index in [0.717, 1.165) is 4.88 Å². The highest BCUT2D eigenvalue weighted by Gasteiger charge is 2.18. The van der Waals surface area contributed by atoms with Crippen LogP contribution in [0.2, 0.25) is 0 Å². The first kappa shape index (κ1) is 22.3. The Morgan fingerprint density at radius 2 is 2.07 bits per heavy atom. The molecule has 0 aliphatic heterocycles. The van der Waals surface area contributed by atoms with E-state index in [1.165, 1.54) is 23.5 Å². The first-order chi connectivity index (χ1) is 13.9. The molecule has 0 radical (unpaired) electrons. The quantitative estimate of drug-likeness (QED) is 0.104. The fourth-order valence-corrected chi connectivity index (χ4v) is 3.39. The molecule has 1 unspecified atom stereocenters. The number of rotatable bonds is 8. The van der Waals surface area contributed by atoms with E-state index in [-0.39, 0.29) is 36.5 Å². The van der Waals surface area contributed by atoms with Gasteiger partial charge in [0.05, 0.1) is 6.54 Å². The van der Waals surface area contributed by atoms with Crippen LogP contribution in [0.15, 0.2) is 35.4 Å². The molecule has 0 fully saturated rings. The van der Waals surface area contributed by atoms with Crippen molar-refractivity contribution in [3.05, 3.63) is 51.5 Å². The van der Waals surface area contributed by atoms with Crippen molar-refractivity contribution in [3.63, 3.8) is 0 Å². The number of hydrazone groups is 1. The molecule has 29 heavy (non-hydrogen) atoms. The molecule has 1 amide bonds. The first-order valence-electron chi connectivity index (χ1n) is 8.68. The summed E-state index contributed by atoms with van der Waals surface area (Å²) in [6, 6.07) is 7.49. The summed E-state index contributed by atoms with van der Waals surface area (Å²) in [5.74, 6) is 8.45. The molecule has 156 valence electrons. The van der Waals surface area contributed by atoms with Gasteiger partial charge in [0.25, 0.3) is 0 Å². The van der Waals surface area contributed by atoms with Crippen molar-refractivity contribution in [2.24, 2.45) is 28.4 Å². The Bertz CT molecular complexity index is 901. The molecule has 8 N–H and O–H groups in total. The highest BCUT2D eigenvalue weighted by molar-refractivity contribution is 7.13. The molecule has 0 aliphatic rings. The summed E-state index contributed by atoms with van der Waals surface area (Å²) in [4.78, 5) is 25.5. The summed E-state index contributed by atoms with van der Waals surface area (Å²) in [6.07, 6.45) is 0.411. The maximum absolute atomic E-state index is 14.0. The lowest BCUT2D eigenvalue weighted by atomic mass is 10.1. The Hall–Kier alpha value is -3.02. The van der Waals surface area contributed by atoms with Gasteiger partial charge in [-0.3, -0.25) is 4.79 Å². The summed E-state index contributed by atoms with van der Waals surface area (Å²) >= 11 is 1.18. The summed E-state index contributed by atoms with van der Waals surface area (Å²) < 4.78 is 19.1. The second-order valence-corrected chi connectivity index (χ2v) is 7.34. The van der Waals surface area contributed by atoms with Crippen LogP contribution in [0.4, 0.5) is 4.39 Å². The number of nitrogens with one attached hydrogen (secondary N) is 2. The first-order valence-corrected chi connectivity index (χ1v) is 9.50. The van der Waals surface area contributed by atoms with Gasteiger partial charge in [0, 0.05) is 17.3 Å². The minimum absolute atomic E-state index is 0.0761. The number of carbonyl (C=O) groups excluding carboxylic acids is 2. The van der Waals surface area contributed by atoms with Gasteiger partial charge in [0.1, 0.15) is 4.88 Å². The number of ether oxygens (including phenoxy) is 1. The van der Waals surface area contributed by atoms with Crippen LogP contribution in [0.1, 0.15) is 27.0 Å². The number of hydrogen-bond donors (Lipinski definition) is 5. The molecule has 11 heteroatoms. The van der Waals surface area contributed by atoms with Gasteiger partial charge in [-0.1, -0.05) is 13.0 Å². The predicted molar refractivity (Wildman–Crippen MR) is 108 cm³/mol. The number of carbonyl (C=O) groups is 2. The van der Waals surface area contributed by atoms with Crippen LogP contribution >= 0.6 is 11.3 Å². The number of nitrogens with two attached hydrogens (primary N) is 3. The molecule has 2 aromatic rings. The van der Waals surface area contributed by atoms with Gasteiger partial charge in [0.2, 0.25) is 5.91 Å². The Morgan fingerprint density at radius 3 is 2.69 bits per heavy atom. The van der Waals surface area contributed by atoms with Crippen molar-refractivity contribution in [1.82, 2.24) is 10.7 Å². The molecular weight excluding hydrogens is 399 g/mol. The minimum Gasteiger partial charge on any atom is -0.419 e. The van der Waals surface area contributed by atoms with E-state index >= 15 is 0 Å². The molecule has 9 nitrogen and oxygen atoms in total. The van der Waals surface area contributed by atoms with E-state index in [0.29, 0.717) is 16.9 Å². The SMILES string of the molecule is CC(Cc1ccc(C(=O)Oc2ccc(CN)cc2F)s1)C(=O)NC/C(=N\N)NN. The van der Waals surface area contributed by atoms with E-state index in [4.69, 9.17) is 22.2 Å². The smallest absolute Gasteiger partial charge is 0.353 e. The van der Waals surface area contributed by atoms with Crippen molar-refractivity contribution in [2.75, 3.05) is 6.54 Å². The maximum atomic E-state index is 14.0. The van der Waals surface area contributed by atoms with Crippen LogP contribution in [0.25, 0.3) is 0 Å². The largest absolute Gasteiger partial charge is 0.419 e. The van der Waals surface area contributed by atoms with Crippen molar-refractivity contribution < 1.29 is 18.7 Å². The molecule has 0 aliphatic carbocycles. The zero-order valence-corrected chi connectivity index (χ0v) is 16.6. The van der Waals surface area contributed by atoms with Gasteiger partial charge < -0.3 is 27.1 Å². The third-order valence-corrected chi connectivity index (χ3v) is 5.09. The molecule has 1 aromatic heterocycles. The number of hydrazine groups is 1. The van der Waals surface area contributed by atoms with Gasteiger partial charge in [-0.25, -0.2) is 15.0 Å². The molecule has 0 saturated carbocycles. The standard InChI is InChI=1S/C18H23FN6O3S/c1-10(17(26)23-9-16(24-21)25-22)6-12-3-5-15(29-12)18(27)28-14-4-2-11(8-20)7-13(14)19/h2-5,7,10H,6,8-9,20-22H2,1H3,(H,23,26)(H,24,25). The van der Waals surface area contributed by atoms with Crippen LogP contribution in [-0.2, 0) is 17.8 Å². The van der Waals surface area contributed by atoms with Gasteiger partial charge in [-0.2, -0.15) is 5.10 Å². The highest BCUT2D eigenvalue weighted by Crippen LogP contribution is 2.24. The van der Waals surface area contributed by atoms with E-state index < -0.39 is 11.8 Å². The number of thiophene rings is 1. The topological polar surface area (TPSA) is 158 Å². The van der Waals surface area contributed by atoms with E-state index in [1.807, 2.05) is 0 Å².